The van der Waals surface area contributed by atoms with Gasteiger partial charge in [-0.25, -0.2) is 4.98 Å². The number of halogens is 2. The van der Waals surface area contributed by atoms with E-state index >= 15 is 0 Å². The summed E-state index contributed by atoms with van der Waals surface area (Å²) in [5, 5.41) is 1.92. The highest BCUT2D eigenvalue weighted by Gasteiger charge is 2.09. The van der Waals surface area contributed by atoms with E-state index in [1.54, 1.807) is 17.8 Å². The molecule has 0 saturated heterocycles. The standard InChI is InChI=1S/C15H12Cl2N4S/c16-10-5-4-9(6-11(10)17)22-7-8-2-1-3-12-13(8)14(18)21-15(19)20-12/h1-6H,7H2,(H4,18,19,20,21). The van der Waals surface area contributed by atoms with Crippen molar-refractivity contribution in [3.8, 4) is 0 Å². The number of rotatable bonds is 3. The van der Waals surface area contributed by atoms with Crippen LogP contribution in [0.15, 0.2) is 41.3 Å². The first-order valence-corrected chi connectivity index (χ1v) is 8.17. The van der Waals surface area contributed by atoms with Crippen molar-refractivity contribution in [1.29, 1.82) is 0 Å². The maximum Gasteiger partial charge on any atom is 0.222 e. The van der Waals surface area contributed by atoms with Crippen LogP contribution in [0.2, 0.25) is 10.0 Å². The molecule has 0 aliphatic carbocycles. The van der Waals surface area contributed by atoms with Crippen LogP contribution in [0.1, 0.15) is 5.56 Å². The van der Waals surface area contributed by atoms with Crippen molar-refractivity contribution < 1.29 is 0 Å². The van der Waals surface area contributed by atoms with Gasteiger partial charge in [0.15, 0.2) is 0 Å². The molecule has 3 aromatic rings. The van der Waals surface area contributed by atoms with Crippen molar-refractivity contribution in [2.45, 2.75) is 10.6 Å². The monoisotopic (exact) mass is 350 g/mol. The summed E-state index contributed by atoms with van der Waals surface area (Å²) >= 11 is 13.6. The van der Waals surface area contributed by atoms with Crippen LogP contribution in [0, 0.1) is 0 Å². The lowest BCUT2D eigenvalue weighted by Crippen LogP contribution is -2.02. The summed E-state index contributed by atoms with van der Waals surface area (Å²) in [4.78, 5) is 9.29. The minimum absolute atomic E-state index is 0.180. The zero-order valence-electron chi connectivity index (χ0n) is 11.4. The zero-order chi connectivity index (χ0) is 15.7. The van der Waals surface area contributed by atoms with Gasteiger partial charge in [0.05, 0.1) is 15.6 Å². The molecule has 0 spiro atoms. The number of aromatic nitrogens is 2. The topological polar surface area (TPSA) is 77.8 Å². The van der Waals surface area contributed by atoms with Crippen LogP contribution >= 0.6 is 35.0 Å². The van der Waals surface area contributed by atoms with Crippen LogP contribution in [0.4, 0.5) is 11.8 Å². The number of hydrogen-bond acceptors (Lipinski definition) is 5. The highest BCUT2D eigenvalue weighted by Crippen LogP contribution is 2.32. The molecule has 4 nitrogen and oxygen atoms in total. The maximum atomic E-state index is 6.03. The molecule has 0 saturated carbocycles. The molecule has 22 heavy (non-hydrogen) atoms. The van der Waals surface area contributed by atoms with Crippen LogP contribution in [-0.4, -0.2) is 9.97 Å². The molecule has 1 heterocycles. The fourth-order valence-corrected chi connectivity index (χ4v) is 3.44. The van der Waals surface area contributed by atoms with Crippen molar-refractivity contribution in [1.82, 2.24) is 9.97 Å². The molecular formula is C15H12Cl2N4S. The van der Waals surface area contributed by atoms with Crippen LogP contribution in [-0.2, 0) is 5.75 Å². The molecule has 0 amide bonds. The number of nitrogen functional groups attached to an aromatic ring is 2. The third-order valence-electron chi connectivity index (χ3n) is 3.14. The number of hydrogen-bond donors (Lipinski definition) is 2. The SMILES string of the molecule is Nc1nc(N)c2c(CSc3ccc(Cl)c(Cl)c3)cccc2n1. The Morgan fingerprint density at radius 3 is 2.59 bits per heavy atom. The largest absolute Gasteiger partial charge is 0.383 e. The van der Waals surface area contributed by atoms with Gasteiger partial charge < -0.3 is 11.5 Å². The summed E-state index contributed by atoms with van der Waals surface area (Å²) in [6, 6.07) is 11.4. The Balaban J connectivity index is 1.92. The molecule has 0 radical (unpaired) electrons. The average molecular weight is 351 g/mol. The van der Waals surface area contributed by atoms with E-state index in [1.807, 2.05) is 30.3 Å². The van der Waals surface area contributed by atoms with Gasteiger partial charge in [-0.1, -0.05) is 35.3 Å². The normalized spacial score (nSPS) is 11.0. The van der Waals surface area contributed by atoms with Crippen molar-refractivity contribution in [2.24, 2.45) is 0 Å². The van der Waals surface area contributed by atoms with Crippen molar-refractivity contribution in [2.75, 3.05) is 11.5 Å². The molecule has 0 aliphatic rings. The van der Waals surface area contributed by atoms with E-state index in [-0.39, 0.29) is 5.95 Å². The highest BCUT2D eigenvalue weighted by atomic mass is 35.5. The summed E-state index contributed by atoms with van der Waals surface area (Å²) in [6.45, 7) is 0. The van der Waals surface area contributed by atoms with Gasteiger partial charge in [-0.05, 0) is 29.8 Å². The van der Waals surface area contributed by atoms with Gasteiger partial charge in [0, 0.05) is 16.0 Å². The molecule has 2 aromatic carbocycles. The summed E-state index contributed by atoms with van der Waals surface area (Å²) in [6.07, 6.45) is 0. The first-order chi connectivity index (χ1) is 10.5. The summed E-state index contributed by atoms with van der Waals surface area (Å²) in [5.41, 5.74) is 13.4. The number of nitrogens with zero attached hydrogens (tertiary/aromatic N) is 2. The summed E-state index contributed by atoms with van der Waals surface area (Å²) in [5.74, 6) is 1.29. The lowest BCUT2D eigenvalue weighted by atomic mass is 10.1. The first kappa shape index (κ1) is 15.2. The van der Waals surface area contributed by atoms with Gasteiger partial charge in [0.1, 0.15) is 5.82 Å². The third kappa shape index (κ3) is 3.06. The van der Waals surface area contributed by atoms with E-state index in [0.29, 0.717) is 21.6 Å². The van der Waals surface area contributed by atoms with E-state index in [1.165, 1.54) is 0 Å². The first-order valence-electron chi connectivity index (χ1n) is 6.43. The Morgan fingerprint density at radius 1 is 1.00 bits per heavy atom. The fraction of sp³-hybridized carbons (Fsp3) is 0.0667. The van der Waals surface area contributed by atoms with Gasteiger partial charge >= 0.3 is 0 Å². The van der Waals surface area contributed by atoms with E-state index in [9.17, 15) is 0 Å². The summed E-state index contributed by atoms with van der Waals surface area (Å²) in [7, 11) is 0. The van der Waals surface area contributed by atoms with Gasteiger partial charge in [-0.2, -0.15) is 4.98 Å². The minimum atomic E-state index is 0.180. The van der Waals surface area contributed by atoms with Gasteiger partial charge in [-0.3, -0.25) is 0 Å². The predicted molar refractivity (Wildman–Crippen MR) is 94.4 cm³/mol. The predicted octanol–water partition coefficient (Wildman–Crippen LogP) is 4.39. The van der Waals surface area contributed by atoms with Crippen molar-refractivity contribution in [3.05, 3.63) is 52.0 Å². The molecule has 112 valence electrons. The van der Waals surface area contributed by atoms with Crippen LogP contribution in [0.25, 0.3) is 10.9 Å². The molecule has 7 heteroatoms. The highest BCUT2D eigenvalue weighted by molar-refractivity contribution is 7.98. The molecule has 0 atom stereocenters. The molecule has 0 bridgehead atoms. The molecule has 0 unspecified atom stereocenters. The Bertz CT molecular complexity index is 854. The van der Waals surface area contributed by atoms with Gasteiger partial charge in [0.2, 0.25) is 5.95 Å². The molecule has 0 aliphatic heterocycles. The third-order valence-corrected chi connectivity index (χ3v) is 4.92. The Hall–Kier alpha value is -1.69. The second-order valence-electron chi connectivity index (χ2n) is 4.64. The molecule has 3 rings (SSSR count). The lowest BCUT2D eigenvalue weighted by Gasteiger charge is -2.09. The van der Waals surface area contributed by atoms with Crippen molar-refractivity contribution >= 4 is 57.6 Å². The second-order valence-corrected chi connectivity index (χ2v) is 6.51. The van der Waals surface area contributed by atoms with Crippen LogP contribution in [0.3, 0.4) is 0 Å². The molecule has 1 aromatic heterocycles. The Morgan fingerprint density at radius 2 is 1.82 bits per heavy atom. The minimum Gasteiger partial charge on any atom is -0.383 e. The van der Waals surface area contributed by atoms with Gasteiger partial charge in [0.25, 0.3) is 0 Å². The maximum absolute atomic E-state index is 6.03. The number of fused-ring (bicyclic) bond motifs is 1. The summed E-state index contributed by atoms with van der Waals surface area (Å²) < 4.78 is 0. The quantitative estimate of drug-likeness (QED) is 0.684. The Labute approximate surface area is 141 Å². The molecular weight excluding hydrogens is 339 g/mol. The Kier molecular flexibility index (Phi) is 4.29. The number of anilines is 2. The molecule has 4 N–H and O–H groups in total. The van der Waals surface area contributed by atoms with Crippen LogP contribution in [0.5, 0.6) is 0 Å². The lowest BCUT2D eigenvalue weighted by molar-refractivity contribution is 1.24. The zero-order valence-corrected chi connectivity index (χ0v) is 13.7. The van der Waals surface area contributed by atoms with E-state index in [2.05, 4.69) is 9.97 Å². The van der Waals surface area contributed by atoms with Crippen LogP contribution < -0.4 is 11.5 Å². The number of nitrogens with two attached hydrogens (primary N) is 2. The van der Waals surface area contributed by atoms with E-state index < -0.39 is 0 Å². The fourth-order valence-electron chi connectivity index (χ4n) is 2.15. The smallest absolute Gasteiger partial charge is 0.222 e. The number of thioether (sulfide) groups is 1. The average Bonchev–Trinajstić information content (AvgIpc) is 2.48. The van der Waals surface area contributed by atoms with Gasteiger partial charge in [-0.15, -0.1) is 11.8 Å². The molecule has 0 fully saturated rings. The van der Waals surface area contributed by atoms with E-state index in [0.717, 1.165) is 21.4 Å². The second kappa shape index (κ2) is 6.20. The number of benzene rings is 2. The van der Waals surface area contributed by atoms with E-state index in [4.69, 9.17) is 34.7 Å². The van der Waals surface area contributed by atoms with Crippen molar-refractivity contribution in [3.63, 3.8) is 0 Å².